The average molecular weight is 609 g/mol. The second-order valence-electron chi connectivity index (χ2n) is 13.5. The number of ketones is 1. The highest BCUT2D eigenvalue weighted by Gasteiger charge is 2.53. The lowest BCUT2D eigenvalue weighted by Gasteiger charge is -2.34. The summed E-state index contributed by atoms with van der Waals surface area (Å²) in [5.74, 6) is -0.462. The average Bonchev–Trinajstić information content (AvgIpc) is 3.84. The third-order valence-electron chi connectivity index (χ3n) is 11.2. The highest BCUT2D eigenvalue weighted by Crippen LogP contribution is 2.50. The number of halogens is 4. The van der Waals surface area contributed by atoms with Crippen LogP contribution in [0.4, 0.5) is 17.6 Å². The van der Waals surface area contributed by atoms with Crippen LogP contribution in [0.5, 0.6) is 0 Å². The van der Waals surface area contributed by atoms with Crippen LogP contribution in [0.3, 0.4) is 0 Å². The third kappa shape index (κ3) is 4.65. The second-order valence-corrected chi connectivity index (χ2v) is 13.5. The fraction of sp³-hybridized carbons (Fsp3) is 0.545. The van der Waals surface area contributed by atoms with Crippen molar-refractivity contribution in [2.45, 2.75) is 62.9 Å². The molecule has 11 heteroatoms. The van der Waals surface area contributed by atoms with Crippen LogP contribution >= 0.6 is 0 Å². The zero-order valence-corrected chi connectivity index (χ0v) is 24.3. The van der Waals surface area contributed by atoms with Gasteiger partial charge < -0.3 is 0 Å². The second kappa shape index (κ2) is 10.9. The number of fused-ring (bicyclic) bond motifs is 2. The van der Waals surface area contributed by atoms with E-state index >= 15 is 0 Å². The van der Waals surface area contributed by atoms with Crippen molar-refractivity contribution in [3.05, 3.63) is 70.8 Å². The molecule has 0 aromatic heterocycles. The maximum absolute atomic E-state index is 14.7. The maximum atomic E-state index is 14.7. The van der Waals surface area contributed by atoms with Gasteiger partial charge >= 0.3 is 0 Å². The molecule has 0 bridgehead atoms. The van der Waals surface area contributed by atoms with Crippen LogP contribution < -0.4 is 10.6 Å². The molecule has 2 saturated heterocycles. The van der Waals surface area contributed by atoms with E-state index in [9.17, 15) is 22.4 Å². The summed E-state index contributed by atoms with van der Waals surface area (Å²) in [7, 11) is 0. The fourth-order valence-electron chi connectivity index (χ4n) is 9.25. The number of hydrogen-bond acceptors (Lipinski definition) is 7. The molecule has 8 rings (SSSR count). The molecule has 4 fully saturated rings. The monoisotopic (exact) mass is 608 g/mol. The number of nitrogens with zero attached hydrogens (tertiary/aromatic N) is 4. The predicted molar refractivity (Wildman–Crippen MR) is 156 cm³/mol. The molecule has 2 aliphatic carbocycles. The molecule has 4 heterocycles. The minimum Gasteiger partial charge on any atom is -0.299 e. The zero-order chi connectivity index (χ0) is 30.1. The van der Waals surface area contributed by atoms with E-state index in [1.165, 1.54) is 24.3 Å². The van der Waals surface area contributed by atoms with E-state index in [2.05, 4.69) is 20.8 Å². The quantitative estimate of drug-likeness (QED) is 0.446. The summed E-state index contributed by atoms with van der Waals surface area (Å²) in [5, 5.41) is 20.1. The number of benzene rings is 2. The Bertz CT molecular complexity index is 1410. The molecule has 2 N–H and O–H groups in total. The molecule has 0 spiro atoms. The number of hydrazone groups is 2. The highest BCUT2D eigenvalue weighted by atomic mass is 19.1. The van der Waals surface area contributed by atoms with E-state index < -0.39 is 23.3 Å². The van der Waals surface area contributed by atoms with Crippen LogP contribution in [-0.4, -0.2) is 53.7 Å². The van der Waals surface area contributed by atoms with Gasteiger partial charge in [-0.1, -0.05) is 0 Å². The molecule has 10 atom stereocenters. The summed E-state index contributed by atoms with van der Waals surface area (Å²) < 4.78 is 57.4. The Labute approximate surface area is 253 Å². The first-order valence-electron chi connectivity index (χ1n) is 15.9. The lowest BCUT2D eigenvalue weighted by molar-refractivity contribution is -0.127. The van der Waals surface area contributed by atoms with Crippen molar-refractivity contribution in [1.29, 1.82) is 0 Å². The first-order chi connectivity index (χ1) is 21.4. The molecule has 2 aromatic rings. The number of nitrogens with one attached hydrogen (secondary N) is 2. The van der Waals surface area contributed by atoms with Gasteiger partial charge in [-0.25, -0.2) is 17.6 Å². The minimum absolute atomic E-state index is 0.0280. The van der Waals surface area contributed by atoms with E-state index in [1.807, 2.05) is 10.0 Å². The van der Waals surface area contributed by atoms with E-state index in [0.29, 0.717) is 41.6 Å². The summed E-state index contributed by atoms with van der Waals surface area (Å²) in [4.78, 5) is 14.0. The van der Waals surface area contributed by atoms with Crippen LogP contribution in [0.2, 0.25) is 0 Å². The molecular formula is C33H36F4N6O. The molecule has 0 radical (unpaired) electrons. The van der Waals surface area contributed by atoms with Gasteiger partial charge in [-0.3, -0.25) is 25.4 Å². The molecule has 2 saturated carbocycles. The van der Waals surface area contributed by atoms with Gasteiger partial charge in [0.05, 0.1) is 12.1 Å². The summed E-state index contributed by atoms with van der Waals surface area (Å²) >= 11 is 0. The normalized spacial score (nSPS) is 37.4. The van der Waals surface area contributed by atoms with Crippen molar-refractivity contribution < 1.29 is 22.4 Å². The Balaban J connectivity index is 0.936. The van der Waals surface area contributed by atoms with Crippen molar-refractivity contribution >= 4 is 18.2 Å². The predicted octanol–water partition coefficient (Wildman–Crippen LogP) is 5.12. The van der Waals surface area contributed by atoms with Gasteiger partial charge in [-0.15, -0.1) is 0 Å². The van der Waals surface area contributed by atoms with E-state index in [-0.39, 0.29) is 48.1 Å². The molecule has 4 aliphatic heterocycles. The number of hydrogen-bond donors (Lipinski definition) is 2. The van der Waals surface area contributed by atoms with Gasteiger partial charge in [0, 0.05) is 61.3 Å². The molecule has 232 valence electrons. The third-order valence-corrected chi connectivity index (χ3v) is 11.2. The van der Waals surface area contributed by atoms with E-state index in [0.717, 1.165) is 50.9 Å². The summed E-state index contributed by atoms with van der Waals surface area (Å²) in [6.45, 7) is 1.55. The van der Waals surface area contributed by atoms with Crippen LogP contribution in [-0.2, 0) is 4.79 Å². The zero-order valence-electron chi connectivity index (χ0n) is 24.3. The molecule has 6 aliphatic rings. The highest BCUT2D eigenvalue weighted by molar-refractivity contribution is 5.84. The first-order valence-corrected chi connectivity index (χ1v) is 15.9. The van der Waals surface area contributed by atoms with Crippen molar-refractivity contribution in [2.24, 2.45) is 45.7 Å². The summed E-state index contributed by atoms with van der Waals surface area (Å²) in [6.07, 6.45) is 7.46. The van der Waals surface area contributed by atoms with Gasteiger partial charge in [0.15, 0.2) is 0 Å². The topological polar surface area (TPSA) is 72.3 Å². The van der Waals surface area contributed by atoms with Gasteiger partial charge in [-0.05, 0) is 85.8 Å². The SMILES string of the molecule is O=C(C1CC2CNC(N3N=CCC3c3cc(F)ccc3F)C2C1)C1CC2CNC(N3N=CCC3c3cc(F)ccc3F)C2C1. The standard InChI is InChI=1S/C33H36F4N6O/c34-21-1-3-27(36)25(13-21)29-5-7-40-42(29)32-23-11-17(9-19(23)15-38-32)31(44)18-10-20-16-39-33(24(20)12-18)43-30(6-8-41-43)26-14-22(35)2-4-28(26)37/h1-4,7-8,13-14,17-20,23-24,29-30,32-33,38-39H,5-6,9-12,15-16H2. The minimum atomic E-state index is -0.469. The van der Waals surface area contributed by atoms with Crippen molar-refractivity contribution in [1.82, 2.24) is 20.7 Å². The van der Waals surface area contributed by atoms with E-state index in [1.54, 1.807) is 12.4 Å². The van der Waals surface area contributed by atoms with Gasteiger partial charge in [0.25, 0.3) is 0 Å². The fourth-order valence-corrected chi connectivity index (χ4v) is 9.25. The summed E-state index contributed by atoms with van der Waals surface area (Å²) in [5.41, 5.74) is 0.618. The smallest absolute Gasteiger partial charge is 0.139 e. The van der Waals surface area contributed by atoms with Gasteiger partial charge in [0.2, 0.25) is 0 Å². The van der Waals surface area contributed by atoms with Crippen LogP contribution in [0.15, 0.2) is 46.6 Å². The summed E-state index contributed by atoms with van der Waals surface area (Å²) in [6, 6.07) is 6.36. The Hall–Kier alpha value is -3.31. The molecule has 7 nitrogen and oxygen atoms in total. The Morgan fingerprint density at radius 1 is 0.682 bits per heavy atom. The number of carbonyl (C=O) groups excluding carboxylic acids is 1. The number of carbonyl (C=O) groups is 1. The van der Waals surface area contributed by atoms with Crippen molar-refractivity contribution in [3.8, 4) is 0 Å². The van der Waals surface area contributed by atoms with Crippen LogP contribution in [0.25, 0.3) is 0 Å². The Morgan fingerprint density at radius 2 is 1.14 bits per heavy atom. The Morgan fingerprint density at radius 3 is 1.59 bits per heavy atom. The number of rotatable bonds is 6. The van der Waals surface area contributed by atoms with Crippen molar-refractivity contribution in [3.63, 3.8) is 0 Å². The first kappa shape index (κ1) is 28.2. The van der Waals surface area contributed by atoms with Crippen molar-refractivity contribution in [2.75, 3.05) is 13.1 Å². The molecule has 0 amide bonds. The van der Waals surface area contributed by atoms with Gasteiger partial charge in [0.1, 0.15) is 41.4 Å². The lowest BCUT2D eigenvalue weighted by Crippen LogP contribution is -2.43. The van der Waals surface area contributed by atoms with E-state index in [4.69, 9.17) is 0 Å². The largest absolute Gasteiger partial charge is 0.299 e. The lowest BCUT2D eigenvalue weighted by atomic mass is 9.88. The van der Waals surface area contributed by atoms with Gasteiger partial charge in [-0.2, -0.15) is 10.2 Å². The molecule has 44 heavy (non-hydrogen) atoms. The van der Waals surface area contributed by atoms with Crippen LogP contribution in [0.1, 0.15) is 61.7 Å². The van der Waals surface area contributed by atoms with Crippen LogP contribution in [0, 0.1) is 58.8 Å². The number of Topliss-reactive ketones (excluding diaryl/α,β-unsaturated/α-hetero) is 1. The molecular weight excluding hydrogens is 572 g/mol. The maximum Gasteiger partial charge on any atom is 0.139 e. The molecule has 2 aromatic carbocycles. The Kier molecular flexibility index (Phi) is 7.01. The molecule has 10 unspecified atom stereocenters.